The molecule has 0 spiro atoms. The Morgan fingerprint density at radius 2 is 1.84 bits per heavy atom. The number of fused-ring (bicyclic) bond motifs is 2. The predicted molar refractivity (Wildman–Crippen MR) is 213 cm³/mol. The van der Waals surface area contributed by atoms with E-state index in [1.165, 1.54) is 30.4 Å². The Morgan fingerprint density at radius 3 is 2.60 bits per heavy atom. The summed E-state index contributed by atoms with van der Waals surface area (Å²) in [6.45, 7) is 4.47. The quantitative estimate of drug-likeness (QED) is 0.103. The smallest absolute Gasteiger partial charge is 0.355 e. The fraction of sp³-hybridized carbons (Fsp3) is 0.439. The number of hydrogen-bond acceptors (Lipinski definition) is 10. The largest absolute Gasteiger partial charge is 0.496 e. The van der Waals surface area contributed by atoms with Crippen molar-refractivity contribution in [1.82, 2.24) is 25.2 Å². The van der Waals surface area contributed by atoms with Crippen LogP contribution in [-0.4, -0.2) is 89.4 Å². The lowest BCUT2D eigenvalue weighted by Gasteiger charge is -2.42. The first-order chi connectivity index (χ1) is 27.5. The summed E-state index contributed by atoms with van der Waals surface area (Å²) in [5.41, 5.74) is 0.977. The molecule has 16 heteroatoms. The molecule has 0 bridgehead atoms. The number of nitrogens with one attached hydrogen (secondary N) is 2. The van der Waals surface area contributed by atoms with Gasteiger partial charge < -0.3 is 29.1 Å². The molecule has 2 N–H and O–H groups in total. The second-order valence-corrected chi connectivity index (χ2v) is 17.9. The summed E-state index contributed by atoms with van der Waals surface area (Å²) in [6.07, 6.45) is 7.23. The molecule has 3 saturated heterocycles. The third-order valence-corrected chi connectivity index (χ3v) is 14.1. The number of nitrogens with zero attached hydrogens (tertiary/aromatic N) is 3. The molecule has 7 rings (SSSR count). The lowest BCUT2D eigenvalue weighted by molar-refractivity contribution is -0.148. The summed E-state index contributed by atoms with van der Waals surface area (Å²) in [5.74, 6) is -2.68. The van der Waals surface area contributed by atoms with E-state index in [0.29, 0.717) is 53.7 Å². The molecule has 0 radical (unpaired) electrons. The van der Waals surface area contributed by atoms with Crippen LogP contribution in [0.2, 0.25) is 0 Å². The van der Waals surface area contributed by atoms with Crippen molar-refractivity contribution >= 4 is 52.6 Å². The van der Waals surface area contributed by atoms with Crippen molar-refractivity contribution in [1.29, 1.82) is 0 Å². The second kappa shape index (κ2) is 17.3. The highest BCUT2D eigenvalue weighted by atomic mass is 32.1. The molecule has 0 aliphatic carbocycles. The molecule has 3 amide bonds. The molecule has 3 aliphatic rings. The fourth-order valence-electron chi connectivity index (χ4n) is 7.86. The van der Waals surface area contributed by atoms with Crippen molar-refractivity contribution in [3.8, 4) is 11.5 Å². The van der Waals surface area contributed by atoms with Crippen molar-refractivity contribution < 1.29 is 42.1 Å². The van der Waals surface area contributed by atoms with Gasteiger partial charge in [-0.3, -0.25) is 28.7 Å². The molecule has 57 heavy (non-hydrogen) atoms. The van der Waals surface area contributed by atoms with Gasteiger partial charge in [0, 0.05) is 47.7 Å². The molecule has 0 saturated carbocycles. The first kappa shape index (κ1) is 40.4. The SMILES string of the molecule is CCCOC(=O)[C@H](C)N[P@@](=O)(Oc1ccccc1)[C@@H](F)c1ccc2sc(C(=O)N[C@H]3CCC[C@H]4CC[C@@H](C(=O)N5CC(c6cnccc6OC)C5)N4C3=O)cc2c1. The number of halogens is 1. The Labute approximate surface area is 334 Å². The third kappa shape index (κ3) is 8.56. The maximum absolute atomic E-state index is 16.5. The molecular formula is C41H47FN5O8PS. The standard InChI is InChI=1S/C41H47FN5O8PS/c1-4-19-54-41(51)25(2)45-56(52,55-30-10-6-5-7-11-30)37(42)26-13-16-35-27(20-26)21-36(57-35)38(48)44-32-12-8-9-29-14-15-33(47(29)39(32)49)40(50)46-23-28(24-46)31-22-43-18-17-34(31)53-3/h5-7,10-11,13,16-18,20-22,25,28-29,32-33,37H,4,8-9,12,14-15,19,23-24H2,1-3H3,(H,44,48)(H,45,52)/t25-,29-,32-,33-,37+,56-/m0/s1. The molecule has 13 nitrogen and oxygen atoms in total. The number of amides is 3. The van der Waals surface area contributed by atoms with Gasteiger partial charge in [-0.05, 0) is 92.8 Å². The minimum absolute atomic E-state index is 0.0240. The number of alkyl halides is 1. The van der Waals surface area contributed by atoms with E-state index in [0.717, 1.165) is 24.2 Å². The van der Waals surface area contributed by atoms with E-state index in [9.17, 15) is 23.7 Å². The van der Waals surface area contributed by atoms with Gasteiger partial charge in [-0.15, -0.1) is 11.3 Å². The lowest BCUT2D eigenvalue weighted by atomic mass is 9.91. The number of rotatable bonds is 14. The number of methoxy groups -OCH3 is 1. The Morgan fingerprint density at radius 1 is 1.05 bits per heavy atom. The number of benzene rings is 2. The van der Waals surface area contributed by atoms with Gasteiger partial charge in [0.05, 0.1) is 18.6 Å². The molecule has 4 aromatic rings. The van der Waals surface area contributed by atoms with Crippen molar-refractivity contribution in [2.24, 2.45) is 0 Å². The molecule has 2 aromatic carbocycles. The van der Waals surface area contributed by atoms with Gasteiger partial charge in [-0.1, -0.05) is 31.2 Å². The number of esters is 1. The van der Waals surface area contributed by atoms with E-state index in [-0.39, 0.29) is 41.7 Å². The highest BCUT2D eigenvalue weighted by Crippen LogP contribution is 2.58. The summed E-state index contributed by atoms with van der Waals surface area (Å²) in [7, 11) is -2.83. The van der Waals surface area contributed by atoms with Gasteiger partial charge in [0.15, 0.2) is 0 Å². The van der Waals surface area contributed by atoms with E-state index in [1.54, 1.807) is 77.8 Å². The number of carbonyl (C=O) groups excluding carboxylic acids is 4. The van der Waals surface area contributed by atoms with Crippen molar-refractivity contribution in [3.05, 3.63) is 89.1 Å². The van der Waals surface area contributed by atoms with E-state index in [2.05, 4.69) is 15.4 Å². The van der Waals surface area contributed by atoms with Crippen LogP contribution in [0.25, 0.3) is 10.1 Å². The highest BCUT2D eigenvalue weighted by molar-refractivity contribution is 7.57. The zero-order valence-electron chi connectivity index (χ0n) is 32.1. The van der Waals surface area contributed by atoms with E-state index in [1.807, 2.05) is 6.92 Å². The van der Waals surface area contributed by atoms with Crippen LogP contribution in [0.15, 0.2) is 73.1 Å². The monoisotopic (exact) mass is 819 g/mol. The number of para-hydroxylation sites is 1. The number of pyridine rings is 1. The molecule has 0 unspecified atom stereocenters. The van der Waals surface area contributed by atoms with Gasteiger partial charge in [0.1, 0.15) is 29.6 Å². The molecule has 5 heterocycles. The van der Waals surface area contributed by atoms with Gasteiger partial charge in [-0.25, -0.2) is 9.48 Å². The van der Waals surface area contributed by atoms with Gasteiger partial charge in [0.25, 0.3) is 5.91 Å². The minimum Gasteiger partial charge on any atom is -0.496 e. The van der Waals surface area contributed by atoms with Crippen molar-refractivity contribution in [3.63, 3.8) is 0 Å². The van der Waals surface area contributed by atoms with E-state index < -0.39 is 43.4 Å². The van der Waals surface area contributed by atoms with Crippen LogP contribution in [0.4, 0.5) is 4.39 Å². The molecule has 3 aliphatic heterocycles. The number of hydrogen-bond donors (Lipinski definition) is 2. The summed E-state index contributed by atoms with van der Waals surface area (Å²) >= 11 is 1.18. The van der Waals surface area contributed by atoms with Gasteiger partial charge in [0.2, 0.25) is 17.7 Å². The van der Waals surface area contributed by atoms with Crippen LogP contribution in [0.1, 0.15) is 85.0 Å². The Balaban J connectivity index is 1.04. The number of likely N-dealkylation sites (tertiary alicyclic amines) is 1. The van der Waals surface area contributed by atoms with E-state index in [4.69, 9.17) is 14.0 Å². The topological polar surface area (TPSA) is 156 Å². The summed E-state index contributed by atoms with van der Waals surface area (Å²) in [4.78, 5) is 62.2. The molecule has 2 aromatic heterocycles. The average Bonchev–Trinajstić information content (AvgIpc) is 3.79. The van der Waals surface area contributed by atoms with Gasteiger partial charge >= 0.3 is 13.5 Å². The van der Waals surface area contributed by atoms with Crippen LogP contribution < -0.4 is 19.7 Å². The first-order valence-corrected chi connectivity index (χ1v) is 21.9. The van der Waals surface area contributed by atoms with Crippen LogP contribution >= 0.6 is 18.9 Å². The molecule has 302 valence electrons. The van der Waals surface area contributed by atoms with Crippen molar-refractivity contribution in [2.75, 3.05) is 26.8 Å². The van der Waals surface area contributed by atoms with Crippen LogP contribution in [0.3, 0.4) is 0 Å². The molecular weight excluding hydrogens is 773 g/mol. The number of thiophene rings is 1. The number of ether oxygens (including phenoxy) is 2. The highest BCUT2D eigenvalue weighted by Gasteiger charge is 2.48. The third-order valence-electron chi connectivity index (χ3n) is 10.8. The Bertz CT molecular complexity index is 2170. The lowest BCUT2D eigenvalue weighted by Crippen LogP contribution is -2.58. The van der Waals surface area contributed by atoms with Gasteiger partial charge in [-0.2, -0.15) is 0 Å². The number of aromatic nitrogens is 1. The summed E-state index contributed by atoms with van der Waals surface area (Å²) < 4.78 is 47.8. The second-order valence-electron chi connectivity index (χ2n) is 14.8. The zero-order valence-corrected chi connectivity index (χ0v) is 33.8. The molecule has 3 fully saturated rings. The Hall–Kier alpha value is -4.85. The summed E-state index contributed by atoms with van der Waals surface area (Å²) in [6, 6.07) is 13.6. The van der Waals surface area contributed by atoms with Crippen LogP contribution in [-0.2, 0) is 23.7 Å². The zero-order chi connectivity index (χ0) is 40.3. The maximum atomic E-state index is 16.5. The fourth-order valence-corrected chi connectivity index (χ4v) is 10.7. The average molecular weight is 820 g/mol. The van der Waals surface area contributed by atoms with Crippen molar-refractivity contribution in [2.45, 2.75) is 88.4 Å². The predicted octanol–water partition coefficient (Wildman–Crippen LogP) is 6.74. The maximum Gasteiger partial charge on any atom is 0.355 e. The first-order valence-electron chi connectivity index (χ1n) is 19.4. The van der Waals surface area contributed by atoms with Crippen LogP contribution in [0, 0.1) is 0 Å². The number of carbonyl (C=O) groups is 4. The van der Waals surface area contributed by atoms with E-state index >= 15 is 4.39 Å². The summed E-state index contributed by atoms with van der Waals surface area (Å²) in [5, 5.41) is 6.05. The normalized spacial score (nSPS) is 21.8. The van der Waals surface area contributed by atoms with Crippen LogP contribution in [0.5, 0.6) is 11.5 Å². The minimum atomic E-state index is -4.44. The Kier molecular flexibility index (Phi) is 12.3. The molecule has 6 atom stereocenters.